The van der Waals surface area contributed by atoms with Crippen LogP contribution in [0.2, 0.25) is 0 Å². The lowest BCUT2D eigenvalue weighted by Crippen LogP contribution is -2.34. The van der Waals surface area contributed by atoms with Crippen LogP contribution in [0, 0.1) is 0 Å². The highest BCUT2D eigenvalue weighted by atomic mass is 16.5. The summed E-state index contributed by atoms with van der Waals surface area (Å²) in [6.45, 7) is 1.47. The molecule has 6 nitrogen and oxygen atoms in total. The normalized spacial score (nSPS) is 14.7. The summed E-state index contributed by atoms with van der Waals surface area (Å²) in [4.78, 5) is 28.2. The Labute approximate surface area is 163 Å². The molecule has 1 saturated heterocycles. The first-order valence-corrected chi connectivity index (χ1v) is 9.65. The number of nitrogens with zero attached hydrogens (tertiary/aromatic N) is 3. The number of ether oxygens (including phenoxy) is 1. The van der Waals surface area contributed by atoms with E-state index in [-0.39, 0.29) is 11.5 Å². The fourth-order valence-electron chi connectivity index (χ4n) is 3.67. The zero-order chi connectivity index (χ0) is 19.5. The Kier molecular flexibility index (Phi) is 5.10. The second-order valence-corrected chi connectivity index (χ2v) is 7.02. The molecule has 1 amide bonds. The molecular weight excluding hydrogens is 354 g/mol. The third-order valence-electron chi connectivity index (χ3n) is 5.22. The molecule has 144 valence electrons. The summed E-state index contributed by atoms with van der Waals surface area (Å²) in [7, 11) is 1.59. The van der Waals surface area contributed by atoms with Crippen molar-refractivity contribution < 1.29 is 9.53 Å². The Morgan fingerprint density at radius 1 is 0.929 bits per heavy atom. The maximum atomic E-state index is 13.3. The molecule has 0 aliphatic carbocycles. The van der Waals surface area contributed by atoms with Gasteiger partial charge in [0.2, 0.25) is 0 Å². The quantitative estimate of drug-likeness (QED) is 0.702. The van der Waals surface area contributed by atoms with Gasteiger partial charge in [0.15, 0.2) is 5.69 Å². The molecule has 3 aromatic rings. The molecule has 4 rings (SSSR count). The zero-order valence-electron chi connectivity index (χ0n) is 15.9. The van der Waals surface area contributed by atoms with E-state index in [9.17, 15) is 9.59 Å². The number of carbonyl (C=O) groups is 1. The minimum Gasteiger partial charge on any atom is -0.497 e. The largest absolute Gasteiger partial charge is 0.497 e. The van der Waals surface area contributed by atoms with Crippen LogP contribution in [-0.4, -0.2) is 40.8 Å². The van der Waals surface area contributed by atoms with Crippen molar-refractivity contribution >= 4 is 16.7 Å². The van der Waals surface area contributed by atoms with Crippen LogP contribution in [0.25, 0.3) is 16.5 Å². The van der Waals surface area contributed by atoms with Gasteiger partial charge in [-0.3, -0.25) is 9.59 Å². The van der Waals surface area contributed by atoms with E-state index in [1.807, 2.05) is 17.0 Å². The summed E-state index contributed by atoms with van der Waals surface area (Å²) in [5.41, 5.74) is 0.683. The van der Waals surface area contributed by atoms with E-state index in [0.717, 1.165) is 38.8 Å². The maximum absolute atomic E-state index is 13.3. The molecule has 0 spiro atoms. The van der Waals surface area contributed by atoms with Crippen LogP contribution in [0.1, 0.15) is 36.2 Å². The Morgan fingerprint density at radius 3 is 2.21 bits per heavy atom. The van der Waals surface area contributed by atoms with Crippen LogP contribution in [0.4, 0.5) is 0 Å². The summed E-state index contributed by atoms with van der Waals surface area (Å²) < 4.78 is 6.50. The molecule has 0 unspecified atom stereocenters. The fourth-order valence-corrected chi connectivity index (χ4v) is 3.67. The third-order valence-corrected chi connectivity index (χ3v) is 5.22. The monoisotopic (exact) mass is 377 g/mol. The third kappa shape index (κ3) is 3.38. The lowest BCUT2D eigenvalue weighted by atomic mass is 10.1. The second kappa shape index (κ2) is 7.84. The lowest BCUT2D eigenvalue weighted by molar-refractivity contribution is 0.0756. The fraction of sp³-hybridized carbons (Fsp3) is 0.318. The number of likely N-dealkylation sites (tertiary alicyclic amines) is 1. The van der Waals surface area contributed by atoms with Crippen LogP contribution in [0.5, 0.6) is 5.75 Å². The van der Waals surface area contributed by atoms with Gasteiger partial charge in [-0.05, 0) is 43.2 Å². The first-order chi connectivity index (χ1) is 13.7. The van der Waals surface area contributed by atoms with E-state index in [1.165, 1.54) is 4.68 Å². The number of hydrogen-bond donors (Lipinski definition) is 0. The number of fused-ring (bicyclic) bond motifs is 1. The number of rotatable bonds is 3. The average Bonchev–Trinajstić information content (AvgIpc) is 3.03. The van der Waals surface area contributed by atoms with Crippen molar-refractivity contribution in [2.45, 2.75) is 25.7 Å². The van der Waals surface area contributed by atoms with Gasteiger partial charge in [-0.1, -0.05) is 31.0 Å². The molecule has 28 heavy (non-hydrogen) atoms. The van der Waals surface area contributed by atoms with Crippen molar-refractivity contribution in [2.75, 3.05) is 20.2 Å². The van der Waals surface area contributed by atoms with Gasteiger partial charge in [-0.2, -0.15) is 9.78 Å². The van der Waals surface area contributed by atoms with Crippen LogP contribution in [-0.2, 0) is 0 Å². The first-order valence-electron chi connectivity index (χ1n) is 9.65. The summed E-state index contributed by atoms with van der Waals surface area (Å²) in [5.74, 6) is 0.582. The van der Waals surface area contributed by atoms with Gasteiger partial charge >= 0.3 is 0 Å². The number of amides is 1. The number of carbonyl (C=O) groups excluding carboxylic acids is 1. The highest BCUT2D eigenvalue weighted by Gasteiger charge is 2.23. The highest BCUT2D eigenvalue weighted by Crippen LogP contribution is 2.20. The van der Waals surface area contributed by atoms with Gasteiger partial charge in [-0.15, -0.1) is 0 Å². The average molecular weight is 377 g/mol. The maximum Gasteiger partial charge on any atom is 0.279 e. The Bertz CT molecular complexity index is 1050. The topological polar surface area (TPSA) is 64.4 Å². The van der Waals surface area contributed by atoms with Crippen molar-refractivity contribution in [1.82, 2.24) is 14.7 Å². The summed E-state index contributed by atoms with van der Waals surface area (Å²) in [5, 5.41) is 5.60. The Hall–Kier alpha value is -3.15. The van der Waals surface area contributed by atoms with Crippen molar-refractivity contribution in [2.24, 2.45) is 0 Å². The Morgan fingerprint density at radius 2 is 1.57 bits per heavy atom. The smallest absolute Gasteiger partial charge is 0.279 e. The van der Waals surface area contributed by atoms with E-state index in [0.29, 0.717) is 27.9 Å². The lowest BCUT2D eigenvalue weighted by Gasteiger charge is -2.21. The summed E-state index contributed by atoms with van der Waals surface area (Å²) in [6, 6.07) is 14.3. The molecular formula is C22H23N3O3. The molecule has 0 bridgehead atoms. The predicted molar refractivity (Wildman–Crippen MR) is 108 cm³/mol. The molecule has 6 heteroatoms. The standard InChI is InChI=1S/C22H23N3O3/c1-28-17-12-10-16(11-13-17)25-21(26)19-9-5-4-8-18(19)20(23-25)22(27)24-14-6-2-3-7-15-24/h4-5,8-13H,2-3,6-7,14-15H2,1H3. The Balaban J connectivity index is 1.86. The number of aromatic nitrogens is 2. The van der Waals surface area contributed by atoms with Gasteiger partial charge in [0, 0.05) is 18.5 Å². The molecule has 1 aromatic heterocycles. The molecule has 2 heterocycles. The molecule has 2 aromatic carbocycles. The van der Waals surface area contributed by atoms with Crippen LogP contribution >= 0.6 is 0 Å². The van der Waals surface area contributed by atoms with E-state index in [4.69, 9.17) is 4.74 Å². The molecule has 0 radical (unpaired) electrons. The SMILES string of the molecule is COc1ccc(-n2nc(C(=O)N3CCCCCC3)c3ccccc3c2=O)cc1. The van der Waals surface area contributed by atoms with Crippen molar-refractivity contribution in [1.29, 1.82) is 0 Å². The molecule has 1 aliphatic heterocycles. The molecule has 0 saturated carbocycles. The predicted octanol–water partition coefficient (Wildman–Crippen LogP) is 3.41. The molecule has 0 N–H and O–H groups in total. The number of hydrogen-bond acceptors (Lipinski definition) is 4. The van der Waals surface area contributed by atoms with Crippen molar-refractivity contribution in [3.8, 4) is 11.4 Å². The molecule has 1 aliphatic rings. The second-order valence-electron chi connectivity index (χ2n) is 7.02. The minimum absolute atomic E-state index is 0.111. The first kappa shape index (κ1) is 18.2. The van der Waals surface area contributed by atoms with E-state index >= 15 is 0 Å². The summed E-state index contributed by atoms with van der Waals surface area (Å²) >= 11 is 0. The zero-order valence-corrected chi connectivity index (χ0v) is 15.9. The molecule has 0 atom stereocenters. The van der Waals surface area contributed by atoms with E-state index in [2.05, 4.69) is 5.10 Å². The highest BCUT2D eigenvalue weighted by molar-refractivity contribution is 6.04. The van der Waals surface area contributed by atoms with Gasteiger partial charge in [0.1, 0.15) is 5.75 Å². The van der Waals surface area contributed by atoms with Crippen molar-refractivity contribution in [3.63, 3.8) is 0 Å². The molecule has 1 fully saturated rings. The van der Waals surface area contributed by atoms with Gasteiger partial charge in [0.05, 0.1) is 18.2 Å². The minimum atomic E-state index is -0.242. The summed E-state index contributed by atoms with van der Waals surface area (Å²) in [6.07, 6.45) is 4.29. The van der Waals surface area contributed by atoms with E-state index in [1.54, 1.807) is 43.5 Å². The van der Waals surface area contributed by atoms with Crippen LogP contribution < -0.4 is 10.3 Å². The van der Waals surface area contributed by atoms with Crippen molar-refractivity contribution in [3.05, 3.63) is 64.6 Å². The van der Waals surface area contributed by atoms with Crippen LogP contribution in [0.3, 0.4) is 0 Å². The van der Waals surface area contributed by atoms with E-state index < -0.39 is 0 Å². The van der Waals surface area contributed by atoms with Crippen LogP contribution in [0.15, 0.2) is 53.3 Å². The van der Waals surface area contributed by atoms with Gasteiger partial charge < -0.3 is 9.64 Å². The number of benzene rings is 2. The number of methoxy groups -OCH3 is 1. The van der Waals surface area contributed by atoms with Gasteiger partial charge in [0.25, 0.3) is 11.5 Å². The van der Waals surface area contributed by atoms with Gasteiger partial charge in [-0.25, -0.2) is 0 Å².